The monoisotopic (exact) mass is 282 g/mol. The van der Waals surface area contributed by atoms with Gasteiger partial charge in [-0.25, -0.2) is 0 Å². The molecule has 1 saturated heterocycles. The van der Waals surface area contributed by atoms with Gasteiger partial charge in [-0.3, -0.25) is 9.59 Å². The summed E-state index contributed by atoms with van der Waals surface area (Å²) in [4.78, 5) is 25.0. The van der Waals surface area contributed by atoms with Crippen LogP contribution in [0.1, 0.15) is 29.2 Å². The van der Waals surface area contributed by atoms with E-state index in [0.29, 0.717) is 25.1 Å². The highest BCUT2D eigenvalue weighted by atomic mass is 32.2. The number of carbonyl (C=O) groups excluding carboxylic acids is 2. The van der Waals surface area contributed by atoms with E-state index in [1.165, 1.54) is 0 Å². The van der Waals surface area contributed by atoms with Crippen LogP contribution in [0.15, 0.2) is 16.5 Å². The van der Waals surface area contributed by atoms with Crippen molar-refractivity contribution in [1.82, 2.24) is 10.2 Å². The van der Waals surface area contributed by atoms with Crippen molar-refractivity contribution in [3.8, 4) is 0 Å². The third-order valence-electron chi connectivity index (χ3n) is 3.13. The smallest absolute Gasteiger partial charge is 0.287 e. The molecular formula is C13H18N2O3S. The molecule has 5 nitrogen and oxygen atoms in total. The molecule has 0 unspecified atom stereocenters. The van der Waals surface area contributed by atoms with Crippen molar-refractivity contribution in [2.75, 3.05) is 19.8 Å². The van der Waals surface area contributed by atoms with E-state index in [0.717, 1.165) is 11.5 Å². The lowest BCUT2D eigenvalue weighted by Crippen LogP contribution is -2.48. The van der Waals surface area contributed by atoms with E-state index in [9.17, 15) is 9.59 Å². The fourth-order valence-corrected chi connectivity index (χ4v) is 2.55. The predicted octanol–water partition coefficient (Wildman–Crippen LogP) is 1.49. The van der Waals surface area contributed by atoms with Crippen LogP contribution in [0.5, 0.6) is 0 Å². The zero-order chi connectivity index (χ0) is 13.8. The Labute approximate surface area is 116 Å². The molecule has 0 spiro atoms. The number of piperidine rings is 1. The lowest BCUT2D eigenvalue weighted by Gasteiger charge is -2.29. The SMILES string of the molecule is CSCc1ccc(C(=O)N[C@@H]2CCC(=O)N(C)C2)o1. The predicted molar refractivity (Wildman–Crippen MR) is 74.1 cm³/mol. The summed E-state index contributed by atoms with van der Waals surface area (Å²) < 4.78 is 5.46. The molecule has 1 aromatic heterocycles. The number of hydrogen-bond acceptors (Lipinski definition) is 4. The van der Waals surface area contributed by atoms with Gasteiger partial charge in [-0.1, -0.05) is 0 Å². The van der Waals surface area contributed by atoms with E-state index in [-0.39, 0.29) is 17.9 Å². The highest BCUT2D eigenvalue weighted by molar-refractivity contribution is 7.97. The van der Waals surface area contributed by atoms with Crippen LogP contribution in [0.3, 0.4) is 0 Å². The van der Waals surface area contributed by atoms with Crippen molar-refractivity contribution in [1.29, 1.82) is 0 Å². The fraction of sp³-hybridized carbons (Fsp3) is 0.538. The van der Waals surface area contributed by atoms with Crippen LogP contribution in [0.25, 0.3) is 0 Å². The van der Waals surface area contributed by atoms with E-state index in [1.54, 1.807) is 29.8 Å². The minimum absolute atomic E-state index is 0.00398. The van der Waals surface area contributed by atoms with Gasteiger partial charge in [-0.05, 0) is 24.8 Å². The Kier molecular flexibility index (Phi) is 4.52. The largest absolute Gasteiger partial charge is 0.455 e. The average molecular weight is 282 g/mol. The number of rotatable bonds is 4. The summed E-state index contributed by atoms with van der Waals surface area (Å²) in [5.41, 5.74) is 0. The van der Waals surface area contributed by atoms with Gasteiger partial charge in [-0.2, -0.15) is 11.8 Å². The first-order valence-corrected chi connectivity index (χ1v) is 7.62. The molecule has 1 aliphatic heterocycles. The van der Waals surface area contributed by atoms with Crippen molar-refractivity contribution in [2.45, 2.75) is 24.6 Å². The molecule has 0 aromatic carbocycles. The molecule has 1 aromatic rings. The highest BCUT2D eigenvalue weighted by Crippen LogP contribution is 2.15. The maximum Gasteiger partial charge on any atom is 0.287 e. The molecule has 1 N–H and O–H groups in total. The Hall–Kier alpha value is -1.43. The van der Waals surface area contributed by atoms with Crippen molar-refractivity contribution in [2.24, 2.45) is 0 Å². The summed E-state index contributed by atoms with van der Waals surface area (Å²) in [5.74, 6) is 1.82. The molecular weight excluding hydrogens is 264 g/mol. The molecule has 2 rings (SSSR count). The number of nitrogens with one attached hydrogen (secondary N) is 1. The van der Waals surface area contributed by atoms with Crippen LogP contribution in [0.2, 0.25) is 0 Å². The number of likely N-dealkylation sites (tertiary alicyclic amines) is 1. The number of hydrogen-bond donors (Lipinski definition) is 1. The average Bonchev–Trinajstić information content (AvgIpc) is 2.83. The van der Waals surface area contributed by atoms with Gasteiger partial charge in [-0.15, -0.1) is 0 Å². The summed E-state index contributed by atoms with van der Waals surface area (Å²) in [5, 5.41) is 2.91. The summed E-state index contributed by atoms with van der Waals surface area (Å²) >= 11 is 1.65. The van der Waals surface area contributed by atoms with E-state index in [1.807, 2.05) is 12.3 Å². The second-order valence-electron chi connectivity index (χ2n) is 4.68. The Morgan fingerprint density at radius 2 is 2.37 bits per heavy atom. The molecule has 0 saturated carbocycles. The van der Waals surface area contributed by atoms with Crippen LogP contribution in [0.4, 0.5) is 0 Å². The number of furan rings is 1. The highest BCUT2D eigenvalue weighted by Gasteiger charge is 2.25. The van der Waals surface area contributed by atoms with Crippen LogP contribution in [-0.2, 0) is 10.5 Å². The molecule has 6 heteroatoms. The quantitative estimate of drug-likeness (QED) is 0.909. The standard InChI is InChI=1S/C13H18N2O3S/c1-15-7-9(3-6-12(15)16)14-13(17)11-5-4-10(18-11)8-19-2/h4-5,9H,3,6-8H2,1-2H3,(H,14,17)/t9-/m1/s1. The number of thioether (sulfide) groups is 1. The maximum absolute atomic E-state index is 12.0. The summed E-state index contributed by atoms with van der Waals surface area (Å²) in [6, 6.07) is 3.52. The fourth-order valence-electron chi connectivity index (χ4n) is 2.11. The van der Waals surface area contributed by atoms with Crippen LogP contribution < -0.4 is 5.32 Å². The molecule has 0 radical (unpaired) electrons. The van der Waals surface area contributed by atoms with Gasteiger partial charge in [0.15, 0.2) is 5.76 Å². The summed E-state index contributed by atoms with van der Waals surface area (Å²) in [6.07, 6.45) is 3.15. The third kappa shape index (κ3) is 3.53. The molecule has 2 amide bonds. The van der Waals surface area contributed by atoms with E-state index in [2.05, 4.69) is 5.32 Å². The number of carbonyl (C=O) groups is 2. The Balaban J connectivity index is 1.91. The molecule has 104 valence electrons. The summed E-state index contributed by atoms with van der Waals surface area (Å²) in [6.45, 7) is 0.558. The van der Waals surface area contributed by atoms with Gasteiger partial charge < -0.3 is 14.6 Å². The van der Waals surface area contributed by atoms with E-state index < -0.39 is 0 Å². The lowest BCUT2D eigenvalue weighted by atomic mass is 10.1. The Bertz CT molecular complexity index is 472. The van der Waals surface area contributed by atoms with Crippen molar-refractivity contribution >= 4 is 23.6 Å². The first-order chi connectivity index (χ1) is 9.10. The zero-order valence-corrected chi connectivity index (χ0v) is 12.0. The van der Waals surface area contributed by atoms with Gasteiger partial charge in [0, 0.05) is 26.1 Å². The Morgan fingerprint density at radius 1 is 1.58 bits per heavy atom. The second kappa shape index (κ2) is 6.14. The van der Waals surface area contributed by atoms with E-state index >= 15 is 0 Å². The maximum atomic E-state index is 12.0. The second-order valence-corrected chi connectivity index (χ2v) is 5.55. The van der Waals surface area contributed by atoms with Gasteiger partial charge in [0.05, 0.1) is 5.75 Å². The normalized spacial score (nSPS) is 19.6. The molecule has 1 fully saturated rings. The molecule has 0 bridgehead atoms. The molecule has 1 atom stereocenters. The van der Waals surface area contributed by atoms with Gasteiger partial charge >= 0.3 is 0 Å². The van der Waals surface area contributed by atoms with Crippen LogP contribution in [-0.4, -0.2) is 42.6 Å². The zero-order valence-electron chi connectivity index (χ0n) is 11.1. The molecule has 2 heterocycles. The minimum atomic E-state index is -0.208. The minimum Gasteiger partial charge on any atom is -0.455 e. The number of nitrogens with zero attached hydrogens (tertiary/aromatic N) is 1. The lowest BCUT2D eigenvalue weighted by molar-refractivity contribution is -0.132. The Morgan fingerprint density at radius 3 is 3.05 bits per heavy atom. The number of amides is 2. The van der Waals surface area contributed by atoms with Gasteiger partial charge in [0.2, 0.25) is 5.91 Å². The van der Waals surface area contributed by atoms with Crippen molar-refractivity contribution < 1.29 is 14.0 Å². The molecule has 0 aliphatic carbocycles. The first kappa shape index (κ1) is 14.0. The number of likely N-dealkylation sites (N-methyl/N-ethyl adjacent to an activating group) is 1. The van der Waals surface area contributed by atoms with Gasteiger partial charge in [0.1, 0.15) is 5.76 Å². The molecule has 1 aliphatic rings. The van der Waals surface area contributed by atoms with Crippen LogP contribution in [0, 0.1) is 0 Å². The van der Waals surface area contributed by atoms with Crippen molar-refractivity contribution in [3.05, 3.63) is 23.7 Å². The van der Waals surface area contributed by atoms with E-state index in [4.69, 9.17) is 4.42 Å². The van der Waals surface area contributed by atoms with Crippen molar-refractivity contribution in [3.63, 3.8) is 0 Å². The molecule has 19 heavy (non-hydrogen) atoms. The summed E-state index contributed by atoms with van der Waals surface area (Å²) in [7, 11) is 1.75. The third-order valence-corrected chi connectivity index (χ3v) is 3.71. The van der Waals surface area contributed by atoms with Crippen LogP contribution >= 0.6 is 11.8 Å². The topological polar surface area (TPSA) is 62.6 Å². The van der Waals surface area contributed by atoms with Gasteiger partial charge in [0.25, 0.3) is 5.91 Å². The first-order valence-electron chi connectivity index (χ1n) is 6.22.